The number of rotatable bonds is 4. The number of carbonyl (C=O) groups excluding carboxylic acids is 1. The molecule has 1 amide bonds. The van der Waals surface area contributed by atoms with Gasteiger partial charge in [-0.25, -0.2) is 0 Å². The second-order valence-corrected chi connectivity index (χ2v) is 7.00. The van der Waals surface area contributed by atoms with Crippen LogP contribution in [0.15, 0.2) is 60.8 Å². The molecule has 4 nitrogen and oxygen atoms in total. The zero-order chi connectivity index (χ0) is 17.9. The molecule has 0 saturated carbocycles. The summed E-state index contributed by atoms with van der Waals surface area (Å²) in [6.07, 6.45) is 2.97. The standard InChI is InChI=1S/C22H23N3O/c1-25(15-16-4-9-21-19(13-16)3-2-11-24-21)22(26)18-7-5-17(6-8-18)20-10-12-23-14-20/h2-9,11,13,20,23H,10,12,14-15H2,1H3/t20-/m0/s1. The molecular formula is C22H23N3O. The van der Waals surface area contributed by atoms with Crippen molar-refractivity contribution in [3.8, 4) is 0 Å². The Hall–Kier alpha value is -2.72. The van der Waals surface area contributed by atoms with E-state index in [4.69, 9.17) is 0 Å². The van der Waals surface area contributed by atoms with Crippen molar-refractivity contribution in [1.82, 2.24) is 15.2 Å². The quantitative estimate of drug-likeness (QED) is 0.786. The molecule has 0 unspecified atom stereocenters. The molecule has 26 heavy (non-hydrogen) atoms. The number of nitrogens with one attached hydrogen (secondary N) is 1. The second kappa shape index (κ2) is 7.26. The van der Waals surface area contributed by atoms with Crippen molar-refractivity contribution in [2.45, 2.75) is 18.9 Å². The summed E-state index contributed by atoms with van der Waals surface area (Å²) in [6, 6.07) is 18.2. The second-order valence-electron chi connectivity index (χ2n) is 7.00. The van der Waals surface area contributed by atoms with Crippen molar-refractivity contribution in [2.24, 2.45) is 0 Å². The Morgan fingerprint density at radius 2 is 2.04 bits per heavy atom. The van der Waals surface area contributed by atoms with Crippen LogP contribution in [-0.4, -0.2) is 35.9 Å². The van der Waals surface area contributed by atoms with E-state index in [1.165, 1.54) is 12.0 Å². The first kappa shape index (κ1) is 16.7. The zero-order valence-corrected chi connectivity index (χ0v) is 15.0. The van der Waals surface area contributed by atoms with Crippen LogP contribution in [0.1, 0.15) is 33.8 Å². The number of aromatic nitrogens is 1. The molecule has 1 aliphatic rings. The summed E-state index contributed by atoms with van der Waals surface area (Å²) in [5, 5.41) is 4.48. The largest absolute Gasteiger partial charge is 0.337 e. The van der Waals surface area contributed by atoms with Crippen LogP contribution in [0.2, 0.25) is 0 Å². The average molecular weight is 345 g/mol. The van der Waals surface area contributed by atoms with Crippen LogP contribution in [0.5, 0.6) is 0 Å². The van der Waals surface area contributed by atoms with Crippen molar-refractivity contribution in [3.05, 3.63) is 77.5 Å². The van der Waals surface area contributed by atoms with Crippen LogP contribution < -0.4 is 5.32 Å². The summed E-state index contributed by atoms with van der Waals surface area (Å²) in [4.78, 5) is 18.9. The molecule has 1 N–H and O–H groups in total. The van der Waals surface area contributed by atoms with Gasteiger partial charge in [0.05, 0.1) is 5.52 Å². The first-order chi connectivity index (χ1) is 12.7. The fraction of sp³-hybridized carbons (Fsp3) is 0.273. The third kappa shape index (κ3) is 3.46. The van der Waals surface area contributed by atoms with E-state index in [0.717, 1.165) is 35.1 Å². The number of nitrogens with zero attached hydrogens (tertiary/aromatic N) is 2. The molecule has 2 aromatic carbocycles. The Balaban J connectivity index is 1.46. The Morgan fingerprint density at radius 1 is 1.19 bits per heavy atom. The maximum absolute atomic E-state index is 12.7. The highest BCUT2D eigenvalue weighted by Crippen LogP contribution is 2.23. The van der Waals surface area contributed by atoms with Crippen LogP contribution in [0.25, 0.3) is 10.9 Å². The minimum Gasteiger partial charge on any atom is -0.337 e. The molecule has 132 valence electrons. The molecule has 0 spiro atoms. The number of benzene rings is 2. The van der Waals surface area contributed by atoms with E-state index < -0.39 is 0 Å². The van der Waals surface area contributed by atoms with Crippen molar-refractivity contribution in [3.63, 3.8) is 0 Å². The fourth-order valence-corrected chi connectivity index (χ4v) is 3.63. The minimum atomic E-state index is 0.0485. The first-order valence-corrected chi connectivity index (χ1v) is 9.10. The van der Waals surface area contributed by atoms with Gasteiger partial charge < -0.3 is 10.2 Å². The van der Waals surface area contributed by atoms with E-state index >= 15 is 0 Å². The Morgan fingerprint density at radius 3 is 2.81 bits per heavy atom. The summed E-state index contributed by atoms with van der Waals surface area (Å²) in [5.41, 5.74) is 4.14. The van der Waals surface area contributed by atoms with Crippen molar-refractivity contribution < 1.29 is 4.79 Å². The third-order valence-corrected chi connectivity index (χ3v) is 5.12. The topological polar surface area (TPSA) is 45.2 Å². The summed E-state index contributed by atoms with van der Waals surface area (Å²) in [6.45, 7) is 2.69. The molecule has 0 radical (unpaired) electrons. The van der Waals surface area contributed by atoms with Gasteiger partial charge >= 0.3 is 0 Å². The molecule has 1 fully saturated rings. The monoisotopic (exact) mass is 345 g/mol. The number of pyridine rings is 1. The highest BCUT2D eigenvalue weighted by atomic mass is 16.2. The lowest BCUT2D eigenvalue weighted by Crippen LogP contribution is -2.26. The maximum atomic E-state index is 12.7. The van der Waals surface area contributed by atoms with Gasteiger partial charge in [0.1, 0.15) is 0 Å². The van der Waals surface area contributed by atoms with Gasteiger partial charge in [-0.05, 0) is 60.3 Å². The van der Waals surface area contributed by atoms with Crippen LogP contribution in [0, 0.1) is 0 Å². The lowest BCUT2D eigenvalue weighted by atomic mass is 9.97. The average Bonchev–Trinajstić information content (AvgIpc) is 3.22. The normalized spacial score (nSPS) is 16.7. The zero-order valence-electron chi connectivity index (χ0n) is 15.0. The van der Waals surface area contributed by atoms with E-state index in [1.54, 1.807) is 11.1 Å². The summed E-state index contributed by atoms with van der Waals surface area (Å²) < 4.78 is 0. The summed E-state index contributed by atoms with van der Waals surface area (Å²) >= 11 is 0. The Bertz CT molecular complexity index is 914. The van der Waals surface area contributed by atoms with E-state index in [1.807, 2.05) is 43.4 Å². The number of hydrogen-bond acceptors (Lipinski definition) is 3. The summed E-state index contributed by atoms with van der Waals surface area (Å²) in [5.74, 6) is 0.621. The highest BCUT2D eigenvalue weighted by molar-refractivity contribution is 5.94. The Kier molecular flexibility index (Phi) is 4.67. The lowest BCUT2D eigenvalue weighted by molar-refractivity contribution is 0.0785. The van der Waals surface area contributed by atoms with Crippen LogP contribution in [0.4, 0.5) is 0 Å². The number of hydrogen-bond donors (Lipinski definition) is 1. The van der Waals surface area contributed by atoms with Crippen molar-refractivity contribution in [1.29, 1.82) is 0 Å². The van der Waals surface area contributed by atoms with E-state index in [0.29, 0.717) is 12.5 Å². The summed E-state index contributed by atoms with van der Waals surface area (Å²) in [7, 11) is 1.85. The number of carbonyl (C=O) groups is 1. The molecule has 0 bridgehead atoms. The molecular weight excluding hydrogens is 322 g/mol. The molecule has 0 aliphatic carbocycles. The highest BCUT2D eigenvalue weighted by Gasteiger charge is 2.18. The fourth-order valence-electron chi connectivity index (χ4n) is 3.63. The van der Waals surface area contributed by atoms with Crippen LogP contribution >= 0.6 is 0 Å². The van der Waals surface area contributed by atoms with Gasteiger partial charge in [0.2, 0.25) is 0 Å². The molecule has 3 aromatic rings. The van der Waals surface area contributed by atoms with Gasteiger partial charge in [0.15, 0.2) is 0 Å². The molecule has 4 heteroatoms. The van der Waals surface area contributed by atoms with Gasteiger partial charge in [-0.3, -0.25) is 9.78 Å². The van der Waals surface area contributed by atoms with Crippen molar-refractivity contribution >= 4 is 16.8 Å². The smallest absolute Gasteiger partial charge is 0.253 e. The number of amides is 1. The molecule has 1 saturated heterocycles. The van der Waals surface area contributed by atoms with Gasteiger partial charge in [-0.1, -0.05) is 24.3 Å². The van der Waals surface area contributed by atoms with Gasteiger partial charge in [-0.15, -0.1) is 0 Å². The molecule has 1 aromatic heterocycles. The molecule has 2 heterocycles. The minimum absolute atomic E-state index is 0.0485. The van der Waals surface area contributed by atoms with Gasteiger partial charge in [0.25, 0.3) is 5.91 Å². The predicted octanol–water partition coefficient (Wildman–Crippen LogP) is 3.58. The van der Waals surface area contributed by atoms with Crippen molar-refractivity contribution in [2.75, 3.05) is 20.1 Å². The molecule has 1 aliphatic heterocycles. The van der Waals surface area contributed by atoms with E-state index in [9.17, 15) is 4.79 Å². The molecule has 4 rings (SSSR count). The van der Waals surface area contributed by atoms with Crippen LogP contribution in [-0.2, 0) is 6.54 Å². The van der Waals surface area contributed by atoms with E-state index in [2.05, 4.69) is 28.5 Å². The predicted molar refractivity (Wildman–Crippen MR) is 104 cm³/mol. The van der Waals surface area contributed by atoms with Crippen LogP contribution in [0.3, 0.4) is 0 Å². The first-order valence-electron chi connectivity index (χ1n) is 9.10. The maximum Gasteiger partial charge on any atom is 0.253 e. The Labute approximate surface area is 153 Å². The molecule has 1 atom stereocenters. The lowest BCUT2D eigenvalue weighted by Gasteiger charge is -2.18. The van der Waals surface area contributed by atoms with Gasteiger partial charge in [-0.2, -0.15) is 0 Å². The van der Waals surface area contributed by atoms with E-state index in [-0.39, 0.29) is 5.91 Å². The third-order valence-electron chi connectivity index (χ3n) is 5.12. The number of fused-ring (bicyclic) bond motifs is 1. The van der Waals surface area contributed by atoms with Gasteiger partial charge in [0, 0.05) is 37.3 Å². The SMILES string of the molecule is CN(Cc1ccc2ncccc2c1)C(=O)c1ccc([C@H]2CCNC2)cc1.